The molecule has 6 heteroatoms. The van der Waals surface area contributed by atoms with Gasteiger partial charge < -0.3 is 10.6 Å². The number of rotatable bonds is 6. The standard InChI is InChI=1S/C12H21N3S2.HI/c1-4-13-12(14-8-10(2)16-3)15-9-11-6-5-7-17-11;/h5-7,10H,4,8-9H2,1-3H3,(H2,13,14,15);1H. The van der Waals surface area contributed by atoms with Crippen molar-refractivity contribution in [2.24, 2.45) is 4.99 Å². The molecule has 1 aromatic rings. The fourth-order valence-electron chi connectivity index (χ4n) is 1.23. The van der Waals surface area contributed by atoms with Crippen molar-refractivity contribution < 1.29 is 0 Å². The smallest absolute Gasteiger partial charge is 0.191 e. The van der Waals surface area contributed by atoms with Gasteiger partial charge in [-0.1, -0.05) is 13.0 Å². The van der Waals surface area contributed by atoms with Crippen molar-refractivity contribution in [3.05, 3.63) is 22.4 Å². The van der Waals surface area contributed by atoms with Crippen molar-refractivity contribution in [3.8, 4) is 0 Å². The lowest BCUT2D eigenvalue weighted by Crippen LogP contribution is -2.39. The molecular formula is C12H22IN3S2. The normalized spacial score (nSPS) is 12.7. The van der Waals surface area contributed by atoms with E-state index in [-0.39, 0.29) is 24.0 Å². The average Bonchev–Trinajstić information content (AvgIpc) is 2.85. The largest absolute Gasteiger partial charge is 0.357 e. The molecule has 0 aliphatic rings. The van der Waals surface area contributed by atoms with Gasteiger partial charge in [-0.15, -0.1) is 35.3 Å². The highest BCUT2D eigenvalue weighted by atomic mass is 127. The van der Waals surface area contributed by atoms with Crippen molar-refractivity contribution in [1.82, 2.24) is 10.6 Å². The maximum atomic E-state index is 4.56. The van der Waals surface area contributed by atoms with Gasteiger partial charge in [0.15, 0.2) is 5.96 Å². The van der Waals surface area contributed by atoms with Crippen LogP contribution in [0, 0.1) is 0 Å². The maximum absolute atomic E-state index is 4.56. The van der Waals surface area contributed by atoms with E-state index < -0.39 is 0 Å². The summed E-state index contributed by atoms with van der Waals surface area (Å²) in [6.07, 6.45) is 2.13. The average molecular weight is 399 g/mol. The SMILES string of the molecule is CCNC(=NCc1cccs1)NCC(C)SC.I. The van der Waals surface area contributed by atoms with Gasteiger partial charge in [-0.3, -0.25) is 0 Å². The van der Waals surface area contributed by atoms with Crippen molar-refractivity contribution in [3.63, 3.8) is 0 Å². The van der Waals surface area contributed by atoms with Gasteiger partial charge in [0.25, 0.3) is 0 Å². The fourth-order valence-corrected chi connectivity index (χ4v) is 2.10. The molecule has 0 amide bonds. The van der Waals surface area contributed by atoms with Crippen molar-refractivity contribution >= 4 is 53.0 Å². The number of nitrogens with zero attached hydrogens (tertiary/aromatic N) is 1. The molecular weight excluding hydrogens is 377 g/mol. The van der Waals surface area contributed by atoms with E-state index in [2.05, 4.69) is 53.2 Å². The molecule has 0 aliphatic heterocycles. The van der Waals surface area contributed by atoms with Gasteiger partial charge in [0, 0.05) is 23.2 Å². The van der Waals surface area contributed by atoms with E-state index in [1.165, 1.54) is 4.88 Å². The van der Waals surface area contributed by atoms with E-state index in [1.54, 1.807) is 11.3 Å². The first kappa shape index (κ1) is 18.0. The van der Waals surface area contributed by atoms with Crippen LogP contribution in [-0.4, -0.2) is 30.6 Å². The first-order chi connectivity index (χ1) is 8.26. The van der Waals surface area contributed by atoms with E-state index in [9.17, 15) is 0 Å². The molecule has 1 unspecified atom stereocenters. The Morgan fingerprint density at radius 3 is 2.83 bits per heavy atom. The van der Waals surface area contributed by atoms with Gasteiger partial charge in [-0.05, 0) is 24.6 Å². The van der Waals surface area contributed by atoms with Crippen LogP contribution in [0.1, 0.15) is 18.7 Å². The first-order valence-corrected chi connectivity index (χ1v) is 8.00. The Balaban J connectivity index is 0.00000289. The zero-order valence-electron chi connectivity index (χ0n) is 11.1. The van der Waals surface area contributed by atoms with Crippen LogP contribution in [0.25, 0.3) is 0 Å². The van der Waals surface area contributed by atoms with Crippen LogP contribution in [-0.2, 0) is 6.54 Å². The number of guanidine groups is 1. The number of hydrogen-bond acceptors (Lipinski definition) is 3. The predicted octanol–water partition coefficient (Wildman–Crippen LogP) is 3.17. The van der Waals surface area contributed by atoms with Gasteiger partial charge >= 0.3 is 0 Å². The van der Waals surface area contributed by atoms with Crippen LogP contribution in [0.5, 0.6) is 0 Å². The third-order valence-electron chi connectivity index (χ3n) is 2.28. The molecule has 0 fully saturated rings. The summed E-state index contributed by atoms with van der Waals surface area (Å²) in [6.45, 7) is 6.88. The Kier molecular flexibility index (Phi) is 11.0. The summed E-state index contributed by atoms with van der Waals surface area (Å²) in [5.74, 6) is 0.904. The summed E-state index contributed by atoms with van der Waals surface area (Å²) in [6, 6.07) is 4.17. The Labute approximate surface area is 135 Å². The third kappa shape index (κ3) is 7.48. The van der Waals surface area contributed by atoms with Gasteiger partial charge in [-0.25, -0.2) is 4.99 Å². The lowest BCUT2D eigenvalue weighted by atomic mass is 10.4. The Morgan fingerprint density at radius 1 is 1.50 bits per heavy atom. The number of thioether (sulfide) groups is 1. The molecule has 0 saturated carbocycles. The van der Waals surface area contributed by atoms with Gasteiger partial charge in [0.05, 0.1) is 6.54 Å². The molecule has 0 spiro atoms. The molecule has 1 heterocycles. The molecule has 0 radical (unpaired) electrons. The quantitative estimate of drug-likeness (QED) is 0.438. The van der Waals surface area contributed by atoms with Crippen LogP contribution in [0.2, 0.25) is 0 Å². The fraction of sp³-hybridized carbons (Fsp3) is 0.583. The van der Waals surface area contributed by atoms with Gasteiger partial charge in [-0.2, -0.15) is 11.8 Å². The molecule has 0 aromatic carbocycles. The second-order valence-corrected chi connectivity index (χ2v) is 6.01. The van der Waals surface area contributed by atoms with E-state index in [4.69, 9.17) is 0 Å². The zero-order chi connectivity index (χ0) is 12.5. The van der Waals surface area contributed by atoms with E-state index in [1.807, 2.05) is 11.8 Å². The minimum atomic E-state index is 0. The lowest BCUT2D eigenvalue weighted by molar-refractivity contribution is 0.797. The number of halogens is 1. The Hall–Kier alpha value is 0.0500. The maximum Gasteiger partial charge on any atom is 0.191 e. The van der Waals surface area contributed by atoms with E-state index in [0.717, 1.165) is 25.6 Å². The van der Waals surface area contributed by atoms with E-state index in [0.29, 0.717) is 5.25 Å². The number of aliphatic imine (C=N–C) groups is 1. The monoisotopic (exact) mass is 399 g/mol. The molecule has 0 aliphatic carbocycles. The summed E-state index contributed by atoms with van der Waals surface area (Å²) in [7, 11) is 0. The van der Waals surface area contributed by atoms with Gasteiger partial charge in [0.1, 0.15) is 0 Å². The summed E-state index contributed by atoms with van der Waals surface area (Å²) >= 11 is 3.60. The highest BCUT2D eigenvalue weighted by molar-refractivity contribution is 14.0. The molecule has 2 N–H and O–H groups in total. The van der Waals surface area contributed by atoms with Crippen LogP contribution >= 0.6 is 47.1 Å². The molecule has 1 aromatic heterocycles. The minimum Gasteiger partial charge on any atom is -0.357 e. The highest BCUT2D eigenvalue weighted by Crippen LogP contribution is 2.09. The van der Waals surface area contributed by atoms with Crippen molar-refractivity contribution in [2.75, 3.05) is 19.3 Å². The Bertz CT molecular complexity index is 328. The molecule has 0 bridgehead atoms. The highest BCUT2D eigenvalue weighted by Gasteiger charge is 2.01. The van der Waals surface area contributed by atoms with Crippen LogP contribution < -0.4 is 10.6 Å². The summed E-state index contributed by atoms with van der Waals surface area (Å²) in [5, 5.41) is 9.30. The van der Waals surface area contributed by atoms with Gasteiger partial charge in [0.2, 0.25) is 0 Å². The molecule has 0 saturated heterocycles. The summed E-state index contributed by atoms with van der Waals surface area (Å²) < 4.78 is 0. The minimum absolute atomic E-state index is 0. The molecule has 1 atom stereocenters. The zero-order valence-corrected chi connectivity index (χ0v) is 15.1. The van der Waals surface area contributed by atoms with Crippen LogP contribution in [0.3, 0.4) is 0 Å². The summed E-state index contributed by atoms with van der Waals surface area (Å²) in [4.78, 5) is 5.85. The van der Waals surface area contributed by atoms with Crippen molar-refractivity contribution in [2.45, 2.75) is 25.6 Å². The molecule has 1 rings (SSSR count). The molecule has 18 heavy (non-hydrogen) atoms. The second-order valence-electron chi connectivity index (χ2n) is 3.70. The lowest BCUT2D eigenvalue weighted by Gasteiger charge is -2.14. The van der Waals surface area contributed by atoms with Crippen molar-refractivity contribution in [1.29, 1.82) is 0 Å². The second kappa shape index (κ2) is 10.9. The van der Waals surface area contributed by atoms with Crippen LogP contribution in [0.4, 0.5) is 0 Å². The summed E-state index contributed by atoms with van der Waals surface area (Å²) in [5.41, 5.74) is 0. The molecule has 3 nitrogen and oxygen atoms in total. The first-order valence-electron chi connectivity index (χ1n) is 5.83. The van der Waals surface area contributed by atoms with Crippen LogP contribution in [0.15, 0.2) is 22.5 Å². The van der Waals surface area contributed by atoms with E-state index >= 15 is 0 Å². The predicted molar refractivity (Wildman–Crippen MR) is 95.5 cm³/mol. The third-order valence-corrected chi connectivity index (χ3v) is 4.11. The number of thiophene rings is 1. The molecule has 104 valence electrons. The number of hydrogen-bond donors (Lipinski definition) is 2. The topological polar surface area (TPSA) is 36.4 Å². The number of nitrogens with one attached hydrogen (secondary N) is 2. The Morgan fingerprint density at radius 2 is 2.28 bits per heavy atom.